The molecule has 16 heavy (non-hydrogen) atoms. The number of nitrogens with zero attached hydrogens (tertiary/aromatic N) is 3. The average molecular weight is 239 g/mol. The molecule has 0 saturated carbocycles. The number of rotatable bonds is 1. The lowest BCUT2D eigenvalue weighted by atomic mass is 10.0. The molecule has 0 bridgehead atoms. The number of halogens is 2. The molecule has 2 aromatic rings. The van der Waals surface area contributed by atoms with Crippen LogP contribution in [0.15, 0.2) is 6.07 Å². The topological polar surface area (TPSA) is 54.5 Å². The van der Waals surface area contributed by atoms with Crippen LogP contribution >= 0.6 is 11.6 Å². The Morgan fingerprint density at radius 1 is 1.38 bits per heavy atom. The van der Waals surface area contributed by atoms with E-state index >= 15 is 0 Å². The van der Waals surface area contributed by atoms with Crippen LogP contribution in [0.4, 0.5) is 4.39 Å². The highest BCUT2D eigenvalue weighted by Crippen LogP contribution is 2.36. The fourth-order valence-electron chi connectivity index (χ4n) is 2.18. The molecular formula is C10H8ClFN4. The van der Waals surface area contributed by atoms with E-state index in [-0.39, 0.29) is 10.8 Å². The Hall–Kier alpha value is -1.49. The van der Waals surface area contributed by atoms with Crippen molar-refractivity contribution in [3.8, 4) is 11.4 Å². The van der Waals surface area contributed by atoms with Gasteiger partial charge in [-0.1, -0.05) is 11.6 Å². The number of H-pyrrole nitrogens is 1. The largest absolute Gasteiger partial charge is 0.207 e. The van der Waals surface area contributed by atoms with Gasteiger partial charge in [0.2, 0.25) is 5.82 Å². The number of aromatic amines is 1. The van der Waals surface area contributed by atoms with Crippen molar-refractivity contribution >= 4 is 11.6 Å². The van der Waals surface area contributed by atoms with Crippen LogP contribution in [0.3, 0.4) is 0 Å². The van der Waals surface area contributed by atoms with Gasteiger partial charge in [-0.05, 0) is 41.7 Å². The lowest BCUT2D eigenvalue weighted by Crippen LogP contribution is -1.96. The summed E-state index contributed by atoms with van der Waals surface area (Å²) >= 11 is 5.85. The first-order valence-corrected chi connectivity index (χ1v) is 5.38. The molecule has 0 aliphatic heterocycles. The summed E-state index contributed by atoms with van der Waals surface area (Å²) in [5.41, 5.74) is 2.45. The molecule has 3 rings (SSSR count). The van der Waals surface area contributed by atoms with Crippen LogP contribution in [0.5, 0.6) is 0 Å². The standard InChI is InChI=1S/C10H8ClFN4/c11-7-4-5-2-1-3-6(5)8(9(7)12)10-13-15-16-14-10/h4H,1-3H2,(H,13,14,15,16). The fourth-order valence-corrected chi connectivity index (χ4v) is 2.41. The smallest absolute Gasteiger partial charge is 0.205 e. The van der Waals surface area contributed by atoms with Gasteiger partial charge in [-0.2, -0.15) is 5.21 Å². The van der Waals surface area contributed by atoms with Gasteiger partial charge in [-0.3, -0.25) is 0 Å². The second-order valence-corrected chi connectivity index (χ2v) is 4.18. The highest BCUT2D eigenvalue weighted by atomic mass is 35.5. The van der Waals surface area contributed by atoms with Gasteiger partial charge >= 0.3 is 0 Å². The van der Waals surface area contributed by atoms with Gasteiger partial charge in [0.1, 0.15) is 0 Å². The maximum atomic E-state index is 14.0. The van der Waals surface area contributed by atoms with Gasteiger partial charge < -0.3 is 0 Å². The van der Waals surface area contributed by atoms with Gasteiger partial charge in [0.05, 0.1) is 10.6 Å². The highest BCUT2D eigenvalue weighted by Gasteiger charge is 2.24. The SMILES string of the molecule is Fc1c(Cl)cc2c(c1-c1nn[nH]n1)CCC2. The normalized spacial score (nSPS) is 14.1. The van der Waals surface area contributed by atoms with Crippen LogP contribution in [0.25, 0.3) is 11.4 Å². The number of tetrazole rings is 1. The number of hydrogen-bond acceptors (Lipinski definition) is 3. The third kappa shape index (κ3) is 1.31. The maximum absolute atomic E-state index is 14.0. The van der Waals surface area contributed by atoms with Gasteiger partial charge in [0.25, 0.3) is 0 Å². The van der Waals surface area contributed by atoms with Crippen molar-refractivity contribution in [1.82, 2.24) is 20.6 Å². The van der Waals surface area contributed by atoms with Gasteiger partial charge in [0.15, 0.2) is 5.82 Å². The Bertz CT molecular complexity index is 538. The van der Waals surface area contributed by atoms with Crippen LogP contribution in [-0.4, -0.2) is 20.6 Å². The molecule has 1 heterocycles. The Kier molecular flexibility index (Phi) is 2.14. The van der Waals surface area contributed by atoms with Crippen LogP contribution in [0, 0.1) is 5.82 Å². The first kappa shape index (κ1) is 9.72. The number of aryl methyl sites for hydroxylation is 1. The number of aromatic nitrogens is 4. The van der Waals surface area contributed by atoms with Crippen LogP contribution in [-0.2, 0) is 12.8 Å². The first-order chi connectivity index (χ1) is 7.77. The molecule has 1 N–H and O–H groups in total. The highest BCUT2D eigenvalue weighted by molar-refractivity contribution is 6.31. The summed E-state index contributed by atoms with van der Waals surface area (Å²) in [6.45, 7) is 0. The molecule has 0 amide bonds. The Morgan fingerprint density at radius 3 is 3.00 bits per heavy atom. The van der Waals surface area contributed by atoms with E-state index in [1.165, 1.54) is 0 Å². The number of hydrogen-bond donors (Lipinski definition) is 1. The molecule has 0 saturated heterocycles. The molecule has 1 aliphatic carbocycles. The van der Waals surface area contributed by atoms with Crippen molar-refractivity contribution in [2.24, 2.45) is 0 Å². The summed E-state index contributed by atoms with van der Waals surface area (Å²) in [6.07, 6.45) is 2.79. The second-order valence-electron chi connectivity index (χ2n) is 3.77. The van der Waals surface area contributed by atoms with E-state index in [0.29, 0.717) is 5.56 Å². The van der Waals surface area contributed by atoms with Crippen molar-refractivity contribution in [3.63, 3.8) is 0 Å². The fraction of sp³-hybridized carbons (Fsp3) is 0.300. The van der Waals surface area contributed by atoms with E-state index in [2.05, 4.69) is 20.6 Å². The first-order valence-electron chi connectivity index (χ1n) is 5.01. The molecule has 6 heteroatoms. The van der Waals surface area contributed by atoms with E-state index in [4.69, 9.17) is 11.6 Å². The third-order valence-electron chi connectivity index (χ3n) is 2.86. The maximum Gasteiger partial charge on any atom is 0.207 e. The minimum absolute atomic E-state index is 0.125. The third-order valence-corrected chi connectivity index (χ3v) is 3.14. The average Bonchev–Trinajstić information content (AvgIpc) is 2.89. The molecule has 1 aliphatic rings. The van der Waals surface area contributed by atoms with E-state index in [1.54, 1.807) is 6.07 Å². The summed E-state index contributed by atoms with van der Waals surface area (Å²) in [5, 5.41) is 13.5. The molecule has 0 spiro atoms. The van der Waals surface area contributed by atoms with Crippen molar-refractivity contribution in [2.75, 3.05) is 0 Å². The number of benzene rings is 1. The minimum Gasteiger partial charge on any atom is -0.205 e. The Labute approximate surface area is 95.8 Å². The summed E-state index contributed by atoms with van der Waals surface area (Å²) in [6, 6.07) is 1.70. The molecule has 0 atom stereocenters. The Morgan fingerprint density at radius 2 is 2.25 bits per heavy atom. The zero-order valence-corrected chi connectivity index (χ0v) is 9.05. The lowest BCUT2D eigenvalue weighted by Gasteiger charge is -2.07. The quantitative estimate of drug-likeness (QED) is 0.828. The van der Waals surface area contributed by atoms with E-state index < -0.39 is 5.82 Å². The summed E-state index contributed by atoms with van der Waals surface area (Å²) in [7, 11) is 0. The lowest BCUT2D eigenvalue weighted by molar-refractivity contribution is 0.628. The molecule has 82 valence electrons. The molecule has 1 aromatic heterocycles. The molecule has 1 aromatic carbocycles. The predicted molar refractivity (Wildman–Crippen MR) is 56.6 cm³/mol. The van der Waals surface area contributed by atoms with Gasteiger partial charge in [-0.25, -0.2) is 4.39 Å². The Balaban J connectivity index is 2.31. The molecule has 4 nitrogen and oxygen atoms in total. The van der Waals surface area contributed by atoms with Crippen LogP contribution in [0.1, 0.15) is 17.5 Å². The summed E-state index contributed by atoms with van der Waals surface area (Å²) in [4.78, 5) is 0. The van der Waals surface area contributed by atoms with Crippen LogP contribution in [0.2, 0.25) is 5.02 Å². The second kappa shape index (κ2) is 3.52. The van der Waals surface area contributed by atoms with Crippen LogP contribution < -0.4 is 0 Å². The summed E-state index contributed by atoms with van der Waals surface area (Å²) in [5.74, 6) is -0.179. The molecule has 0 fully saturated rings. The van der Waals surface area contributed by atoms with E-state index in [0.717, 1.165) is 30.4 Å². The molecular weight excluding hydrogens is 231 g/mol. The van der Waals surface area contributed by atoms with Crippen molar-refractivity contribution in [3.05, 3.63) is 28.0 Å². The minimum atomic E-state index is -0.455. The van der Waals surface area contributed by atoms with Crippen molar-refractivity contribution in [2.45, 2.75) is 19.3 Å². The zero-order valence-electron chi connectivity index (χ0n) is 8.30. The van der Waals surface area contributed by atoms with E-state index in [1.807, 2.05) is 0 Å². The zero-order chi connectivity index (χ0) is 11.1. The number of fused-ring (bicyclic) bond motifs is 1. The predicted octanol–water partition coefficient (Wildman–Crippen LogP) is 2.15. The molecule has 0 unspecified atom stereocenters. The van der Waals surface area contributed by atoms with Gasteiger partial charge in [0, 0.05) is 0 Å². The summed E-state index contributed by atoms with van der Waals surface area (Å²) < 4.78 is 14.0. The van der Waals surface area contributed by atoms with Crippen molar-refractivity contribution in [1.29, 1.82) is 0 Å². The van der Waals surface area contributed by atoms with E-state index in [9.17, 15) is 4.39 Å². The van der Waals surface area contributed by atoms with Crippen molar-refractivity contribution < 1.29 is 4.39 Å². The monoisotopic (exact) mass is 238 g/mol. The van der Waals surface area contributed by atoms with Gasteiger partial charge in [-0.15, -0.1) is 10.2 Å². The molecule has 0 radical (unpaired) electrons. The number of nitrogens with one attached hydrogen (secondary N) is 1.